The minimum Gasteiger partial charge on any atom is -0.325 e. The van der Waals surface area contributed by atoms with Gasteiger partial charge < -0.3 is 11.1 Å². The van der Waals surface area contributed by atoms with Crippen LogP contribution in [0.4, 0.5) is 5.13 Å². The Morgan fingerprint density at radius 1 is 1.69 bits per heavy atom. The van der Waals surface area contributed by atoms with Gasteiger partial charge in [0.1, 0.15) is 5.51 Å². The third-order valence-electron chi connectivity index (χ3n) is 3.16. The molecule has 1 aliphatic carbocycles. The van der Waals surface area contributed by atoms with Crippen LogP contribution < -0.4 is 11.1 Å². The van der Waals surface area contributed by atoms with Crippen molar-refractivity contribution in [1.29, 1.82) is 0 Å². The van der Waals surface area contributed by atoms with E-state index in [4.69, 9.17) is 5.73 Å². The molecule has 16 heavy (non-hydrogen) atoms. The summed E-state index contributed by atoms with van der Waals surface area (Å²) in [5, 5.41) is 10.8. The zero-order valence-electron chi connectivity index (χ0n) is 9.27. The molecule has 6 heteroatoms. The molecule has 5 nitrogen and oxygen atoms in total. The van der Waals surface area contributed by atoms with E-state index >= 15 is 0 Å². The molecular formula is C10H16N4OS. The predicted octanol–water partition coefficient (Wildman–Crippen LogP) is 1.38. The number of aromatic nitrogens is 2. The Morgan fingerprint density at radius 2 is 2.50 bits per heavy atom. The summed E-state index contributed by atoms with van der Waals surface area (Å²) >= 11 is 1.32. The first-order chi connectivity index (χ1) is 7.59. The van der Waals surface area contributed by atoms with Gasteiger partial charge in [-0.2, -0.15) is 0 Å². The van der Waals surface area contributed by atoms with Crippen molar-refractivity contribution in [1.82, 2.24) is 10.2 Å². The van der Waals surface area contributed by atoms with E-state index in [-0.39, 0.29) is 11.8 Å². The standard InChI is InChI=1S/C10H16N4OS/c1-10(11)5-3-2-4-7(10)8(15)13-9-14-12-6-16-9/h6-7H,2-5,11H2,1H3,(H,13,14,15). The van der Waals surface area contributed by atoms with E-state index in [2.05, 4.69) is 15.5 Å². The van der Waals surface area contributed by atoms with Gasteiger partial charge in [-0.1, -0.05) is 24.2 Å². The highest BCUT2D eigenvalue weighted by molar-refractivity contribution is 7.13. The molecule has 1 fully saturated rings. The van der Waals surface area contributed by atoms with Crippen LogP contribution >= 0.6 is 11.3 Å². The number of amides is 1. The number of carbonyl (C=O) groups excluding carboxylic acids is 1. The number of nitrogens with one attached hydrogen (secondary N) is 1. The zero-order valence-corrected chi connectivity index (χ0v) is 10.1. The molecule has 2 atom stereocenters. The van der Waals surface area contributed by atoms with Gasteiger partial charge in [-0.05, 0) is 19.8 Å². The molecule has 1 saturated carbocycles. The number of rotatable bonds is 2. The molecular weight excluding hydrogens is 224 g/mol. The number of anilines is 1. The Labute approximate surface area is 98.4 Å². The van der Waals surface area contributed by atoms with Gasteiger partial charge in [-0.3, -0.25) is 4.79 Å². The lowest BCUT2D eigenvalue weighted by atomic mass is 9.74. The number of nitrogens with zero attached hydrogens (tertiary/aromatic N) is 2. The van der Waals surface area contributed by atoms with Gasteiger partial charge in [0.15, 0.2) is 0 Å². The normalized spacial score (nSPS) is 30.0. The average Bonchev–Trinajstić information content (AvgIpc) is 2.69. The summed E-state index contributed by atoms with van der Waals surface area (Å²) in [6, 6.07) is 0. The van der Waals surface area contributed by atoms with E-state index in [0.29, 0.717) is 5.13 Å². The second kappa shape index (κ2) is 4.47. The second-order valence-electron chi connectivity index (χ2n) is 4.54. The van der Waals surface area contributed by atoms with Crippen molar-refractivity contribution in [2.45, 2.75) is 38.1 Å². The minimum absolute atomic E-state index is 0.0264. The SMILES string of the molecule is CC1(N)CCCCC1C(=O)Nc1nncs1. The van der Waals surface area contributed by atoms with E-state index in [1.54, 1.807) is 5.51 Å². The summed E-state index contributed by atoms with van der Waals surface area (Å²) in [4.78, 5) is 12.0. The Kier molecular flexibility index (Phi) is 3.20. The van der Waals surface area contributed by atoms with Crippen molar-refractivity contribution < 1.29 is 4.79 Å². The highest BCUT2D eigenvalue weighted by atomic mass is 32.1. The van der Waals surface area contributed by atoms with Gasteiger partial charge in [0, 0.05) is 5.54 Å². The lowest BCUT2D eigenvalue weighted by Crippen LogP contribution is -2.51. The lowest BCUT2D eigenvalue weighted by Gasteiger charge is -2.36. The van der Waals surface area contributed by atoms with Crippen molar-refractivity contribution >= 4 is 22.4 Å². The molecule has 2 unspecified atom stereocenters. The maximum absolute atomic E-state index is 12.0. The van der Waals surface area contributed by atoms with E-state index in [1.807, 2.05) is 6.92 Å². The zero-order chi connectivity index (χ0) is 11.6. The molecule has 0 bridgehead atoms. The highest BCUT2D eigenvalue weighted by Gasteiger charge is 2.37. The van der Waals surface area contributed by atoms with E-state index in [9.17, 15) is 4.79 Å². The fourth-order valence-electron chi connectivity index (χ4n) is 2.21. The molecule has 0 saturated heterocycles. The maximum Gasteiger partial charge on any atom is 0.231 e. The Hall–Kier alpha value is -1.01. The Morgan fingerprint density at radius 3 is 3.12 bits per heavy atom. The highest BCUT2D eigenvalue weighted by Crippen LogP contribution is 2.32. The largest absolute Gasteiger partial charge is 0.325 e. The average molecular weight is 240 g/mol. The maximum atomic E-state index is 12.0. The van der Waals surface area contributed by atoms with Crippen LogP contribution in [-0.2, 0) is 4.79 Å². The fraction of sp³-hybridized carbons (Fsp3) is 0.700. The van der Waals surface area contributed by atoms with Crippen molar-refractivity contribution in [3.05, 3.63) is 5.51 Å². The van der Waals surface area contributed by atoms with Crippen molar-refractivity contribution in [2.24, 2.45) is 11.7 Å². The molecule has 0 radical (unpaired) electrons. The molecule has 0 spiro atoms. The van der Waals surface area contributed by atoms with Crippen LogP contribution in [-0.4, -0.2) is 21.6 Å². The molecule has 1 aromatic rings. The van der Waals surface area contributed by atoms with Crippen LogP contribution in [0.1, 0.15) is 32.6 Å². The molecule has 1 amide bonds. The van der Waals surface area contributed by atoms with Gasteiger partial charge >= 0.3 is 0 Å². The topological polar surface area (TPSA) is 80.9 Å². The van der Waals surface area contributed by atoms with Gasteiger partial charge in [0.2, 0.25) is 11.0 Å². The predicted molar refractivity (Wildman–Crippen MR) is 63.1 cm³/mol. The monoisotopic (exact) mass is 240 g/mol. The summed E-state index contributed by atoms with van der Waals surface area (Å²) in [6.45, 7) is 1.95. The van der Waals surface area contributed by atoms with Gasteiger partial charge in [-0.15, -0.1) is 10.2 Å². The Bertz CT molecular complexity index is 363. The van der Waals surface area contributed by atoms with E-state index in [1.165, 1.54) is 11.3 Å². The quantitative estimate of drug-likeness (QED) is 0.818. The van der Waals surface area contributed by atoms with Crippen LogP contribution in [0, 0.1) is 5.92 Å². The summed E-state index contributed by atoms with van der Waals surface area (Å²) in [5.41, 5.74) is 7.36. The number of carbonyl (C=O) groups is 1. The molecule has 2 rings (SSSR count). The van der Waals surface area contributed by atoms with Crippen LogP contribution in [0.25, 0.3) is 0 Å². The Balaban J connectivity index is 2.03. The van der Waals surface area contributed by atoms with Crippen LogP contribution in [0.5, 0.6) is 0 Å². The molecule has 88 valence electrons. The smallest absolute Gasteiger partial charge is 0.231 e. The van der Waals surface area contributed by atoms with Crippen LogP contribution in [0.2, 0.25) is 0 Å². The summed E-state index contributed by atoms with van der Waals surface area (Å²) < 4.78 is 0. The molecule has 1 aliphatic rings. The molecule has 3 N–H and O–H groups in total. The first kappa shape index (κ1) is 11.5. The van der Waals surface area contributed by atoms with Crippen molar-refractivity contribution in [3.8, 4) is 0 Å². The lowest BCUT2D eigenvalue weighted by molar-refractivity contribution is -0.122. The molecule has 1 heterocycles. The second-order valence-corrected chi connectivity index (χ2v) is 5.37. The summed E-state index contributed by atoms with van der Waals surface area (Å²) in [7, 11) is 0. The van der Waals surface area contributed by atoms with E-state index in [0.717, 1.165) is 25.7 Å². The number of hydrogen-bond donors (Lipinski definition) is 2. The number of nitrogens with two attached hydrogens (primary N) is 1. The van der Waals surface area contributed by atoms with Gasteiger partial charge in [0.25, 0.3) is 0 Å². The number of hydrogen-bond acceptors (Lipinski definition) is 5. The molecule has 0 aromatic carbocycles. The minimum atomic E-state index is -0.396. The fourth-order valence-corrected chi connectivity index (χ4v) is 2.66. The van der Waals surface area contributed by atoms with Gasteiger partial charge in [-0.25, -0.2) is 0 Å². The third kappa shape index (κ3) is 2.38. The van der Waals surface area contributed by atoms with Crippen molar-refractivity contribution in [2.75, 3.05) is 5.32 Å². The first-order valence-electron chi connectivity index (χ1n) is 5.45. The molecule has 1 aromatic heterocycles. The molecule has 0 aliphatic heterocycles. The first-order valence-corrected chi connectivity index (χ1v) is 6.33. The third-order valence-corrected chi connectivity index (χ3v) is 3.77. The summed E-state index contributed by atoms with van der Waals surface area (Å²) in [6.07, 6.45) is 3.94. The van der Waals surface area contributed by atoms with E-state index < -0.39 is 5.54 Å². The van der Waals surface area contributed by atoms with Crippen LogP contribution in [0.15, 0.2) is 5.51 Å². The van der Waals surface area contributed by atoms with Crippen LogP contribution in [0.3, 0.4) is 0 Å². The van der Waals surface area contributed by atoms with Gasteiger partial charge in [0.05, 0.1) is 5.92 Å². The summed E-state index contributed by atoms with van der Waals surface area (Å²) in [5.74, 6) is -0.147. The van der Waals surface area contributed by atoms with Crippen molar-refractivity contribution in [3.63, 3.8) is 0 Å².